The minimum absolute atomic E-state index is 0.0825. The van der Waals surface area contributed by atoms with Crippen molar-refractivity contribution in [1.29, 1.82) is 0 Å². The van der Waals surface area contributed by atoms with Gasteiger partial charge in [-0.05, 0) is 30.9 Å². The van der Waals surface area contributed by atoms with Crippen LogP contribution in [-0.4, -0.2) is 50.4 Å². The Bertz CT molecular complexity index is 560. The predicted molar refractivity (Wildman–Crippen MR) is 83.6 cm³/mol. The molecule has 0 unspecified atom stereocenters. The molecule has 118 valence electrons. The fraction of sp³-hybridized carbons (Fsp3) is 0.600. The summed E-state index contributed by atoms with van der Waals surface area (Å²) in [7, 11) is -3.15. The number of hydrogen-bond donors (Lipinski definition) is 2. The average Bonchev–Trinajstić information content (AvgIpc) is 2.90. The average molecular weight is 312 g/mol. The molecule has 1 aliphatic carbocycles. The topological polar surface area (TPSA) is 69.6 Å². The van der Waals surface area contributed by atoms with Crippen molar-refractivity contribution in [1.82, 2.24) is 9.62 Å². The summed E-state index contributed by atoms with van der Waals surface area (Å²) in [6.45, 7) is 3.26. The van der Waals surface area contributed by atoms with Crippen molar-refractivity contribution in [3.8, 4) is 0 Å². The summed E-state index contributed by atoms with van der Waals surface area (Å²) in [5, 5.41) is 9.27. The summed E-state index contributed by atoms with van der Waals surface area (Å²) < 4.78 is 25.6. The van der Waals surface area contributed by atoms with E-state index in [-0.39, 0.29) is 18.4 Å². The summed E-state index contributed by atoms with van der Waals surface area (Å²) in [6.07, 6.45) is 2.07. The van der Waals surface area contributed by atoms with Gasteiger partial charge < -0.3 is 5.11 Å². The fourth-order valence-electron chi connectivity index (χ4n) is 2.91. The molecule has 1 aromatic carbocycles. The van der Waals surface area contributed by atoms with Crippen molar-refractivity contribution in [3.63, 3.8) is 0 Å². The van der Waals surface area contributed by atoms with Crippen molar-refractivity contribution >= 4 is 10.0 Å². The van der Waals surface area contributed by atoms with E-state index in [1.807, 2.05) is 12.1 Å². The highest BCUT2D eigenvalue weighted by atomic mass is 32.2. The van der Waals surface area contributed by atoms with Crippen molar-refractivity contribution in [3.05, 3.63) is 35.4 Å². The van der Waals surface area contributed by atoms with Gasteiger partial charge in [-0.25, -0.2) is 13.1 Å². The Balaban J connectivity index is 2.00. The van der Waals surface area contributed by atoms with Crippen LogP contribution in [0.3, 0.4) is 0 Å². The molecule has 1 aromatic rings. The Hall–Kier alpha value is -0.950. The Kier molecular flexibility index (Phi) is 5.75. The molecule has 0 fully saturated rings. The summed E-state index contributed by atoms with van der Waals surface area (Å²) in [4.78, 5) is 2.17. The Morgan fingerprint density at radius 3 is 2.81 bits per heavy atom. The van der Waals surface area contributed by atoms with Crippen LogP contribution in [-0.2, 0) is 16.4 Å². The van der Waals surface area contributed by atoms with Gasteiger partial charge in [0.2, 0.25) is 10.0 Å². The summed E-state index contributed by atoms with van der Waals surface area (Å²) in [5.41, 5.74) is 2.67. The number of benzene rings is 1. The zero-order valence-corrected chi connectivity index (χ0v) is 13.3. The van der Waals surface area contributed by atoms with Gasteiger partial charge in [0.1, 0.15) is 0 Å². The van der Waals surface area contributed by atoms with Gasteiger partial charge in [-0.3, -0.25) is 4.90 Å². The standard InChI is InChI=1S/C15H24N2O3S/c1-2-21(19,20)16-9-10-17(11-12-18)15-8-7-13-5-3-4-6-14(13)15/h3-6,15-16,18H,2,7-12H2,1H3/t15-/m0/s1. The molecule has 0 bridgehead atoms. The van der Waals surface area contributed by atoms with E-state index in [1.165, 1.54) is 11.1 Å². The molecule has 1 aliphatic rings. The number of aryl methyl sites for hydroxylation is 1. The van der Waals surface area contributed by atoms with Crippen LogP contribution in [0, 0.1) is 0 Å². The van der Waals surface area contributed by atoms with Crippen LogP contribution in [0.1, 0.15) is 30.5 Å². The summed E-state index contributed by atoms with van der Waals surface area (Å²) >= 11 is 0. The normalized spacial score (nSPS) is 18.1. The number of rotatable bonds is 8. The molecule has 0 amide bonds. The van der Waals surface area contributed by atoms with Gasteiger partial charge >= 0.3 is 0 Å². The van der Waals surface area contributed by atoms with Crippen LogP contribution in [0.15, 0.2) is 24.3 Å². The molecule has 5 nitrogen and oxygen atoms in total. The monoisotopic (exact) mass is 312 g/mol. The number of hydrogen-bond acceptors (Lipinski definition) is 4. The maximum Gasteiger partial charge on any atom is 0.211 e. The van der Waals surface area contributed by atoms with Gasteiger partial charge in [0.05, 0.1) is 12.4 Å². The van der Waals surface area contributed by atoms with E-state index < -0.39 is 10.0 Å². The number of nitrogens with zero attached hydrogens (tertiary/aromatic N) is 1. The highest BCUT2D eigenvalue weighted by Crippen LogP contribution is 2.35. The number of fused-ring (bicyclic) bond motifs is 1. The van der Waals surface area contributed by atoms with Crippen LogP contribution in [0.2, 0.25) is 0 Å². The summed E-state index contributed by atoms with van der Waals surface area (Å²) in [6, 6.07) is 8.64. The SMILES string of the molecule is CCS(=O)(=O)NCCN(CCO)[C@H]1CCc2ccccc21. The smallest absolute Gasteiger partial charge is 0.211 e. The second kappa shape index (κ2) is 7.35. The molecule has 21 heavy (non-hydrogen) atoms. The zero-order chi connectivity index (χ0) is 15.3. The Morgan fingerprint density at radius 2 is 2.10 bits per heavy atom. The third kappa shape index (κ3) is 4.26. The van der Waals surface area contributed by atoms with Gasteiger partial charge in [0.25, 0.3) is 0 Å². The van der Waals surface area contributed by atoms with Gasteiger partial charge in [-0.2, -0.15) is 0 Å². The van der Waals surface area contributed by atoms with E-state index in [9.17, 15) is 13.5 Å². The van der Waals surface area contributed by atoms with E-state index in [2.05, 4.69) is 21.8 Å². The molecule has 0 radical (unpaired) electrons. The molecule has 0 saturated carbocycles. The van der Waals surface area contributed by atoms with Crippen LogP contribution in [0.4, 0.5) is 0 Å². The highest BCUT2D eigenvalue weighted by Gasteiger charge is 2.27. The number of aliphatic hydroxyl groups excluding tert-OH is 1. The van der Waals surface area contributed by atoms with E-state index in [1.54, 1.807) is 6.92 Å². The van der Waals surface area contributed by atoms with Gasteiger partial charge in [0.15, 0.2) is 0 Å². The lowest BCUT2D eigenvalue weighted by atomic mass is 10.1. The first-order valence-electron chi connectivity index (χ1n) is 7.47. The first-order valence-corrected chi connectivity index (χ1v) is 9.12. The molecule has 0 spiro atoms. The minimum atomic E-state index is -3.15. The molecular weight excluding hydrogens is 288 g/mol. The third-order valence-electron chi connectivity index (χ3n) is 4.03. The maximum absolute atomic E-state index is 11.5. The molecule has 0 aliphatic heterocycles. The largest absolute Gasteiger partial charge is 0.395 e. The van der Waals surface area contributed by atoms with Crippen LogP contribution >= 0.6 is 0 Å². The first-order chi connectivity index (χ1) is 10.1. The maximum atomic E-state index is 11.5. The van der Waals surface area contributed by atoms with Crippen LogP contribution in [0.25, 0.3) is 0 Å². The van der Waals surface area contributed by atoms with Crippen molar-refractivity contribution < 1.29 is 13.5 Å². The molecule has 0 saturated heterocycles. The predicted octanol–water partition coefficient (Wildman–Crippen LogP) is 0.907. The van der Waals surface area contributed by atoms with Crippen molar-refractivity contribution in [2.24, 2.45) is 0 Å². The fourth-order valence-corrected chi connectivity index (χ4v) is 3.52. The number of aliphatic hydroxyl groups is 1. The number of sulfonamides is 1. The van der Waals surface area contributed by atoms with Crippen LogP contribution < -0.4 is 4.72 Å². The lowest BCUT2D eigenvalue weighted by molar-refractivity contribution is 0.152. The van der Waals surface area contributed by atoms with Gasteiger partial charge in [0, 0.05) is 25.7 Å². The van der Waals surface area contributed by atoms with E-state index in [4.69, 9.17) is 0 Å². The molecule has 1 atom stereocenters. The molecule has 0 heterocycles. The molecular formula is C15H24N2O3S. The molecule has 0 aromatic heterocycles. The van der Waals surface area contributed by atoms with Crippen LogP contribution in [0.5, 0.6) is 0 Å². The number of nitrogens with one attached hydrogen (secondary N) is 1. The van der Waals surface area contributed by atoms with Gasteiger partial charge in [-0.15, -0.1) is 0 Å². The molecule has 6 heteroatoms. The van der Waals surface area contributed by atoms with Crippen molar-refractivity contribution in [2.45, 2.75) is 25.8 Å². The van der Waals surface area contributed by atoms with Gasteiger partial charge in [-0.1, -0.05) is 24.3 Å². The lowest BCUT2D eigenvalue weighted by Crippen LogP contribution is -2.38. The zero-order valence-electron chi connectivity index (χ0n) is 12.5. The van der Waals surface area contributed by atoms with E-state index in [0.29, 0.717) is 19.6 Å². The Morgan fingerprint density at radius 1 is 1.33 bits per heavy atom. The molecule has 2 rings (SSSR count). The van der Waals surface area contributed by atoms with E-state index >= 15 is 0 Å². The quantitative estimate of drug-likeness (QED) is 0.748. The molecule has 2 N–H and O–H groups in total. The third-order valence-corrected chi connectivity index (χ3v) is 5.43. The first kappa shape index (κ1) is 16.4. The van der Waals surface area contributed by atoms with E-state index in [0.717, 1.165) is 12.8 Å². The highest BCUT2D eigenvalue weighted by molar-refractivity contribution is 7.89. The Labute approximate surface area is 127 Å². The summed E-state index contributed by atoms with van der Waals surface area (Å²) in [5.74, 6) is 0.0965. The second-order valence-corrected chi connectivity index (χ2v) is 7.41. The lowest BCUT2D eigenvalue weighted by Gasteiger charge is -2.29. The van der Waals surface area contributed by atoms with Crippen molar-refractivity contribution in [2.75, 3.05) is 32.0 Å². The minimum Gasteiger partial charge on any atom is -0.395 e. The second-order valence-electron chi connectivity index (χ2n) is 5.31.